The van der Waals surface area contributed by atoms with Gasteiger partial charge >= 0.3 is 0 Å². The van der Waals surface area contributed by atoms with Crippen LogP contribution in [0.5, 0.6) is 0 Å². The molecule has 0 bridgehead atoms. The number of rotatable bonds is 5. The smallest absolute Gasteiger partial charge is 0.212 e. The topological polar surface area (TPSA) is 70.0 Å². The van der Waals surface area contributed by atoms with Crippen molar-refractivity contribution in [3.8, 4) is 6.07 Å². The third-order valence-electron chi connectivity index (χ3n) is 2.76. The van der Waals surface area contributed by atoms with Gasteiger partial charge in [0.15, 0.2) is 0 Å². The standard InChI is InChI=1S/C15H14N2O2S/c16-11-15(14-9-5-2-6-10-14)17-20(18,19)12-13-7-3-1-4-8-13/h1-10,15,17H,12H2. The molecule has 4 nitrogen and oxygen atoms in total. The summed E-state index contributed by atoms with van der Waals surface area (Å²) in [5.41, 5.74) is 1.32. The van der Waals surface area contributed by atoms with Gasteiger partial charge in [0.2, 0.25) is 10.0 Å². The van der Waals surface area contributed by atoms with Gasteiger partial charge in [0.25, 0.3) is 0 Å². The lowest BCUT2D eigenvalue weighted by atomic mass is 10.1. The minimum atomic E-state index is -3.57. The maximum absolute atomic E-state index is 12.1. The molecule has 0 aliphatic rings. The summed E-state index contributed by atoms with van der Waals surface area (Å²) in [5.74, 6) is -0.140. The average molecular weight is 286 g/mol. The molecular formula is C15H14N2O2S. The quantitative estimate of drug-likeness (QED) is 0.917. The Balaban J connectivity index is 2.13. The Kier molecular flexibility index (Phi) is 4.51. The van der Waals surface area contributed by atoms with E-state index in [4.69, 9.17) is 5.26 Å². The fraction of sp³-hybridized carbons (Fsp3) is 0.133. The van der Waals surface area contributed by atoms with Gasteiger partial charge < -0.3 is 0 Å². The van der Waals surface area contributed by atoms with Gasteiger partial charge in [0.1, 0.15) is 6.04 Å². The summed E-state index contributed by atoms with van der Waals surface area (Å²) in [5, 5.41) is 9.13. The van der Waals surface area contributed by atoms with Crippen molar-refractivity contribution in [2.45, 2.75) is 11.8 Å². The molecule has 0 radical (unpaired) electrons. The summed E-state index contributed by atoms with van der Waals surface area (Å²) < 4.78 is 26.6. The Morgan fingerprint density at radius 2 is 1.55 bits per heavy atom. The summed E-state index contributed by atoms with van der Waals surface area (Å²) in [7, 11) is -3.57. The number of hydrogen-bond acceptors (Lipinski definition) is 3. The Morgan fingerprint density at radius 1 is 1.00 bits per heavy atom. The molecule has 0 aromatic heterocycles. The molecule has 1 unspecified atom stereocenters. The summed E-state index contributed by atoms with van der Waals surface area (Å²) in [6.45, 7) is 0. The van der Waals surface area contributed by atoms with E-state index < -0.39 is 16.1 Å². The number of nitriles is 1. The summed E-state index contributed by atoms with van der Waals surface area (Å²) >= 11 is 0. The fourth-order valence-corrected chi connectivity index (χ4v) is 3.09. The molecule has 1 N–H and O–H groups in total. The van der Waals surface area contributed by atoms with Gasteiger partial charge in [-0.3, -0.25) is 0 Å². The van der Waals surface area contributed by atoms with Gasteiger partial charge in [-0.15, -0.1) is 0 Å². The van der Waals surface area contributed by atoms with Crippen LogP contribution in [0, 0.1) is 11.3 Å². The van der Waals surface area contributed by atoms with E-state index in [9.17, 15) is 8.42 Å². The lowest BCUT2D eigenvalue weighted by molar-refractivity contribution is 0.574. The van der Waals surface area contributed by atoms with Crippen molar-refractivity contribution in [3.05, 3.63) is 71.8 Å². The molecule has 0 aliphatic carbocycles. The van der Waals surface area contributed by atoms with Crippen LogP contribution in [0.1, 0.15) is 17.2 Å². The van der Waals surface area contributed by atoms with Crippen LogP contribution in [-0.4, -0.2) is 8.42 Å². The largest absolute Gasteiger partial charge is 0.217 e. The monoisotopic (exact) mass is 286 g/mol. The van der Waals surface area contributed by atoms with Crippen LogP contribution < -0.4 is 4.72 Å². The van der Waals surface area contributed by atoms with E-state index in [0.717, 1.165) is 0 Å². The first-order valence-corrected chi connectivity index (χ1v) is 7.74. The van der Waals surface area contributed by atoms with Crippen LogP contribution in [0.2, 0.25) is 0 Å². The van der Waals surface area contributed by atoms with Crippen molar-refractivity contribution in [1.29, 1.82) is 5.26 Å². The number of hydrogen-bond donors (Lipinski definition) is 1. The van der Waals surface area contributed by atoms with E-state index in [2.05, 4.69) is 4.72 Å². The van der Waals surface area contributed by atoms with Crippen molar-refractivity contribution >= 4 is 10.0 Å². The lowest BCUT2D eigenvalue weighted by Gasteiger charge is -2.12. The third-order valence-corrected chi connectivity index (χ3v) is 4.07. The summed E-state index contributed by atoms with van der Waals surface area (Å²) in [6.07, 6.45) is 0. The molecule has 0 aliphatic heterocycles. The van der Waals surface area contributed by atoms with Gasteiger partial charge in [0, 0.05) is 0 Å². The van der Waals surface area contributed by atoms with Crippen LogP contribution in [0.15, 0.2) is 60.7 Å². The molecule has 0 saturated carbocycles. The zero-order valence-electron chi connectivity index (χ0n) is 10.7. The van der Waals surface area contributed by atoms with Gasteiger partial charge in [-0.25, -0.2) is 8.42 Å². The first kappa shape index (κ1) is 14.3. The van der Waals surface area contributed by atoms with Gasteiger partial charge in [-0.2, -0.15) is 9.98 Å². The first-order chi connectivity index (χ1) is 9.61. The van der Waals surface area contributed by atoms with E-state index >= 15 is 0 Å². The Labute approximate surface area is 118 Å². The van der Waals surface area contributed by atoms with Crippen LogP contribution in [-0.2, 0) is 15.8 Å². The number of nitrogens with zero attached hydrogens (tertiary/aromatic N) is 1. The van der Waals surface area contributed by atoms with E-state index in [1.54, 1.807) is 48.5 Å². The van der Waals surface area contributed by atoms with E-state index in [0.29, 0.717) is 11.1 Å². The maximum Gasteiger partial charge on any atom is 0.217 e. The van der Waals surface area contributed by atoms with Crippen LogP contribution in [0.25, 0.3) is 0 Å². The molecule has 0 heterocycles. The lowest BCUT2D eigenvalue weighted by Crippen LogP contribution is -2.28. The molecule has 2 rings (SSSR count). The van der Waals surface area contributed by atoms with E-state index in [1.165, 1.54) is 0 Å². The predicted molar refractivity (Wildman–Crippen MR) is 77.0 cm³/mol. The highest BCUT2D eigenvalue weighted by atomic mass is 32.2. The fourth-order valence-electron chi connectivity index (χ4n) is 1.83. The van der Waals surface area contributed by atoms with Gasteiger partial charge in [0.05, 0.1) is 11.8 Å². The second-order valence-electron chi connectivity index (χ2n) is 4.34. The van der Waals surface area contributed by atoms with Gasteiger partial charge in [-0.1, -0.05) is 60.7 Å². The molecular weight excluding hydrogens is 272 g/mol. The highest BCUT2D eigenvalue weighted by Crippen LogP contribution is 2.14. The van der Waals surface area contributed by atoms with Gasteiger partial charge in [-0.05, 0) is 11.1 Å². The zero-order valence-corrected chi connectivity index (χ0v) is 11.5. The predicted octanol–water partition coefficient (Wildman–Crippen LogP) is 2.37. The number of nitrogens with one attached hydrogen (secondary N) is 1. The van der Waals surface area contributed by atoms with Crippen molar-refractivity contribution in [1.82, 2.24) is 4.72 Å². The van der Waals surface area contributed by atoms with Crippen molar-refractivity contribution in [2.75, 3.05) is 0 Å². The van der Waals surface area contributed by atoms with E-state index in [1.807, 2.05) is 18.2 Å². The number of sulfonamides is 1. The molecule has 0 spiro atoms. The third kappa shape index (κ3) is 3.92. The maximum atomic E-state index is 12.1. The highest BCUT2D eigenvalue weighted by molar-refractivity contribution is 7.88. The molecule has 20 heavy (non-hydrogen) atoms. The average Bonchev–Trinajstić information content (AvgIpc) is 2.46. The first-order valence-electron chi connectivity index (χ1n) is 6.09. The SMILES string of the molecule is N#CC(NS(=O)(=O)Cc1ccccc1)c1ccccc1. The van der Waals surface area contributed by atoms with Crippen molar-refractivity contribution in [2.24, 2.45) is 0 Å². The second kappa shape index (κ2) is 6.33. The van der Waals surface area contributed by atoms with Crippen LogP contribution >= 0.6 is 0 Å². The second-order valence-corrected chi connectivity index (χ2v) is 6.09. The van der Waals surface area contributed by atoms with Crippen molar-refractivity contribution < 1.29 is 8.42 Å². The molecule has 1 atom stereocenters. The zero-order chi connectivity index (χ0) is 14.4. The Morgan fingerprint density at radius 3 is 2.10 bits per heavy atom. The minimum absolute atomic E-state index is 0.140. The molecule has 0 amide bonds. The molecule has 0 fully saturated rings. The highest BCUT2D eigenvalue weighted by Gasteiger charge is 2.19. The minimum Gasteiger partial charge on any atom is -0.212 e. The van der Waals surface area contributed by atoms with Crippen LogP contribution in [0.4, 0.5) is 0 Å². The molecule has 0 saturated heterocycles. The van der Waals surface area contributed by atoms with E-state index in [-0.39, 0.29) is 5.75 Å². The Hall–Kier alpha value is -2.16. The Bertz CT molecular complexity index is 692. The number of benzene rings is 2. The molecule has 5 heteroatoms. The van der Waals surface area contributed by atoms with Crippen LogP contribution in [0.3, 0.4) is 0 Å². The molecule has 102 valence electrons. The normalized spacial score (nSPS) is 12.6. The summed E-state index contributed by atoms with van der Waals surface area (Å²) in [4.78, 5) is 0. The summed E-state index contributed by atoms with van der Waals surface area (Å²) in [6, 6.07) is 18.8. The molecule has 2 aromatic carbocycles. The molecule has 2 aromatic rings. The van der Waals surface area contributed by atoms with Crippen molar-refractivity contribution in [3.63, 3.8) is 0 Å².